The van der Waals surface area contributed by atoms with Crippen LogP contribution in [0.15, 0.2) is 53.5 Å². The summed E-state index contributed by atoms with van der Waals surface area (Å²) in [6.45, 7) is 0.811. The molecule has 24 heavy (non-hydrogen) atoms. The van der Waals surface area contributed by atoms with Gasteiger partial charge in [-0.1, -0.05) is 18.2 Å². The first kappa shape index (κ1) is 15.2. The van der Waals surface area contributed by atoms with Crippen LogP contribution in [0.1, 0.15) is 4.88 Å². The van der Waals surface area contributed by atoms with Crippen LogP contribution < -0.4 is 5.32 Å². The van der Waals surface area contributed by atoms with E-state index in [1.165, 1.54) is 17.0 Å². The topological polar surface area (TPSA) is 37.8 Å². The number of nitrogens with zero attached hydrogens (tertiary/aromatic N) is 2. The molecule has 0 radical (unpaired) electrons. The van der Waals surface area contributed by atoms with Gasteiger partial charge >= 0.3 is 0 Å². The van der Waals surface area contributed by atoms with Gasteiger partial charge in [-0.15, -0.1) is 22.7 Å². The summed E-state index contributed by atoms with van der Waals surface area (Å²) in [6.07, 6.45) is 2.54. The van der Waals surface area contributed by atoms with E-state index < -0.39 is 0 Å². The Bertz CT molecular complexity index is 946. The maximum absolute atomic E-state index is 13.2. The SMILES string of the molecule is Fc1ccc(-c2csc3ncnc(NCCc4cccs4)c23)cc1. The summed E-state index contributed by atoms with van der Waals surface area (Å²) < 4.78 is 13.2. The predicted octanol–water partition coefficient (Wildman–Crippen LogP) is 5.21. The van der Waals surface area contributed by atoms with E-state index in [-0.39, 0.29) is 5.82 Å². The molecular formula is C18H14FN3S2. The third-order valence-corrected chi connectivity index (χ3v) is 5.59. The first-order valence-electron chi connectivity index (χ1n) is 7.55. The van der Waals surface area contributed by atoms with Gasteiger partial charge in [0.05, 0.1) is 5.39 Å². The van der Waals surface area contributed by atoms with E-state index in [9.17, 15) is 4.39 Å². The molecule has 0 atom stereocenters. The number of fused-ring (bicyclic) bond motifs is 1. The molecule has 3 aromatic heterocycles. The Morgan fingerprint density at radius 1 is 1.04 bits per heavy atom. The Hall–Kier alpha value is -2.31. The van der Waals surface area contributed by atoms with Crippen molar-refractivity contribution in [2.24, 2.45) is 0 Å². The number of rotatable bonds is 5. The number of hydrogen-bond donors (Lipinski definition) is 1. The first-order valence-corrected chi connectivity index (χ1v) is 9.31. The fourth-order valence-corrected chi connectivity index (χ4v) is 4.23. The largest absolute Gasteiger partial charge is 0.369 e. The van der Waals surface area contributed by atoms with Gasteiger partial charge < -0.3 is 5.32 Å². The van der Waals surface area contributed by atoms with Crippen LogP contribution in [-0.4, -0.2) is 16.5 Å². The van der Waals surface area contributed by atoms with E-state index in [1.807, 2.05) is 0 Å². The van der Waals surface area contributed by atoms with Crippen molar-refractivity contribution in [3.8, 4) is 11.1 Å². The van der Waals surface area contributed by atoms with Crippen LogP contribution in [0.3, 0.4) is 0 Å². The number of aromatic nitrogens is 2. The standard InChI is InChI=1S/C18H14FN3S2/c19-13-5-3-12(4-6-13)15-10-24-18-16(15)17(21-11-22-18)20-8-7-14-2-1-9-23-14/h1-6,9-11H,7-8H2,(H,20,21,22). The maximum atomic E-state index is 13.2. The summed E-state index contributed by atoms with van der Waals surface area (Å²) in [4.78, 5) is 11.1. The average Bonchev–Trinajstić information content (AvgIpc) is 3.25. The molecule has 0 saturated heterocycles. The first-order chi connectivity index (χ1) is 11.8. The van der Waals surface area contributed by atoms with Gasteiger partial charge in [-0.3, -0.25) is 0 Å². The van der Waals surface area contributed by atoms with Crippen molar-refractivity contribution in [2.75, 3.05) is 11.9 Å². The molecule has 4 rings (SSSR count). The lowest BCUT2D eigenvalue weighted by atomic mass is 10.1. The van der Waals surface area contributed by atoms with Crippen molar-refractivity contribution in [3.05, 3.63) is 64.2 Å². The van der Waals surface area contributed by atoms with E-state index in [1.54, 1.807) is 41.1 Å². The zero-order valence-corrected chi connectivity index (χ0v) is 14.3. The molecule has 4 aromatic rings. The van der Waals surface area contributed by atoms with Crippen molar-refractivity contribution in [2.45, 2.75) is 6.42 Å². The molecule has 0 spiro atoms. The van der Waals surface area contributed by atoms with Gasteiger partial charge in [-0.2, -0.15) is 0 Å². The fraction of sp³-hybridized carbons (Fsp3) is 0.111. The number of thiophene rings is 2. The van der Waals surface area contributed by atoms with Gasteiger partial charge in [0.15, 0.2) is 0 Å². The molecule has 0 fully saturated rings. The number of anilines is 1. The minimum absolute atomic E-state index is 0.233. The molecule has 120 valence electrons. The molecule has 0 aliphatic rings. The third kappa shape index (κ3) is 3.02. The van der Waals surface area contributed by atoms with Crippen LogP contribution >= 0.6 is 22.7 Å². The van der Waals surface area contributed by atoms with Crippen molar-refractivity contribution in [3.63, 3.8) is 0 Å². The highest BCUT2D eigenvalue weighted by molar-refractivity contribution is 7.17. The molecule has 0 saturated carbocycles. The van der Waals surface area contributed by atoms with Crippen molar-refractivity contribution in [1.82, 2.24) is 9.97 Å². The lowest BCUT2D eigenvalue weighted by Crippen LogP contribution is -2.06. The second-order valence-corrected chi connectivity index (χ2v) is 7.21. The highest BCUT2D eigenvalue weighted by atomic mass is 32.1. The summed E-state index contributed by atoms with van der Waals surface area (Å²) in [5.41, 5.74) is 2.01. The summed E-state index contributed by atoms with van der Waals surface area (Å²) in [7, 11) is 0. The Morgan fingerprint density at radius 2 is 1.92 bits per heavy atom. The van der Waals surface area contributed by atoms with Crippen LogP contribution in [-0.2, 0) is 6.42 Å². The van der Waals surface area contributed by atoms with Crippen LogP contribution in [0.5, 0.6) is 0 Å². The average molecular weight is 355 g/mol. The van der Waals surface area contributed by atoms with Crippen molar-refractivity contribution < 1.29 is 4.39 Å². The van der Waals surface area contributed by atoms with Crippen LogP contribution in [0.4, 0.5) is 10.2 Å². The molecule has 0 amide bonds. The van der Waals surface area contributed by atoms with Crippen LogP contribution in [0, 0.1) is 5.82 Å². The quantitative estimate of drug-likeness (QED) is 0.534. The molecule has 1 aromatic carbocycles. The maximum Gasteiger partial charge on any atom is 0.138 e. The molecule has 0 bridgehead atoms. The van der Waals surface area contributed by atoms with E-state index in [0.717, 1.165) is 40.1 Å². The highest BCUT2D eigenvalue weighted by Crippen LogP contribution is 2.36. The normalized spacial score (nSPS) is 11.0. The number of nitrogens with one attached hydrogen (secondary N) is 1. The molecule has 0 aliphatic heterocycles. The summed E-state index contributed by atoms with van der Waals surface area (Å²) >= 11 is 3.33. The molecule has 3 heterocycles. The van der Waals surface area contributed by atoms with Gasteiger partial charge in [0.25, 0.3) is 0 Å². The minimum atomic E-state index is -0.233. The van der Waals surface area contributed by atoms with Gasteiger partial charge in [0.2, 0.25) is 0 Å². The Balaban J connectivity index is 1.65. The van der Waals surface area contributed by atoms with E-state index >= 15 is 0 Å². The monoisotopic (exact) mass is 355 g/mol. The lowest BCUT2D eigenvalue weighted by Gasteiger charge is -2.08. The second kappa shape index (κ2) is 6.67. The van der Waals surface area contributed by atoms with Gasteiger partial charge in [0.1, 0.15) is 22.8 Å². The summed E-state index contributed by atoms with van der Waals surface area (Å²) in [5, 5.41) is 8.56. The summed E-state index contributed by atoms with van der Waals surface area (Å²) in [6, 6.07) is 10.7. The van der Waals surface area contributed by atoms with Gasteiger partial charge in [-0.25, -0.2) is 14.4 Å². The van der Waals surface area contributed by atoms with Gasteiger partial charge in [-0.05, 0) is 35.6 Å². The molecule has 6 heteroatoms. The molecular weight excluding hydrogens is 341 g/mol. The second-order valence-electron chi connectivity index (χ2n) is 5.31. The Labute approximate surface area is 146 Å². The lowest BCUT2D eigenvalue weighted by molar-refractivity contribution is 0.628. The van der Waals surface area contributed by atoms with E-state index in [4.69, 9.17) is 0 Å². The van der Waals surface area contributed by atoms with Crippen LogP contribution in [0.25, 0.3) is 21.3 Å². The highest BCUT2D eigenvalue weighted by Gasteiger charge is 2.13. The van der Waals surface area contributed by atoms with Crippen molar-refractivity contribution in [1.29, 1.82) is 0 Å². The Kier molecular flexibility index (Phi) is 4.23. The third-order valence-electron chi connectivity index (χ3n) is 3.77. The van der Waals surface area contributed by atoms with Crippen LogP contribution in [0.2, 0.25) is 0 Å². The smallest absolute Gasteiger partial charge is 0.138 e. The summed E-state index contributed by atoms with van der Waals surface area (Å²) in [5.74, 6) is 0.598. The molecule has 0 aliphatic carbocycles. The van der Waals surface area contributed by atoms with Crippen molar-refractivity contribution >= 4 is 38.7 Å². The molecule has 1 N–H and O–H groups in total. The number of hydrogen-bond acceptors (Lipinski definition) is 5. The zero-order chi connectivity index (χ0) is 16.4. The van der Waals surface area contributed by atoms with E-state index in [0.29, 0.717) is 0 Å². The molecule has 0 unspecified atom stereocenters. The number of halogens is 1. The van der Waals surface area contributed by atoms with Gasteiger partial charge in [0, 0.05) is 22.4 Å². The fourth-order valence-electron chi connectivity index (χ4n) is 2.61. The number of benzene rings is 1. The Morgan fingerprint density at radius 3 is 2.71 bits per heavy atom. The zero-order valence-electron chi connectivity index (χ0n) is 12.7. The minimum Gasteiger partial charge on any atom is -0.369 e. The molecule has 3 nitrogen and oxygen atoms in total. The predicted molar refractivity (Wildman–Crippen MR) is 99.3 cm³/mol. The van der Waals surface area contributed by atoms with E-state index in [2.05, 4.69) is 38.2 Å².